The van der Waals surface area contributed by atoms with Gasteiger partial charge in [0.15, 0.2) is 0 Å². The van der Waals surface area contributed by atoms with Gasteiger partial charge >= 0.3 is 13.4 Å². The number of rotatable bonds is 6. The van der Waals surface area contributed by atoms with Crippen LogP contribution in [0.1, 0.15) is 80.1 Å². The molecule has 0 heterocycles. The summed E-state index contributed by atoms with van der Waals surface area (Å²) in [5.41, 5.74) is 0. The van der Waals surface area contributed by atoms with E-state index in [2.05, 4.69) is 65.2 Å². The van der Waals surface area contributed by atoms with Gasteiger partial charge in [-0.05, 0) is 35.4 Å². The maximum absolute atomic E-state index is 7.56. The molecule has 0 spiro atoms. The van der Waals surface area contributed by atoms with Gasteiger partial charge in [-0.15, -0.1) is 0 Å². The Bertz CT molecular complexity index is 272. The topological polar surface area (TPSA) is 121 Å². The Balaban J connectivity index is -0.0000000711. The van der Waals surface area contributed by atoms with Crippen LogP contribution < -0.4 is 0 Å². The summed E-state index contributed by atoms with van der Waals surface area (Å²) in [5, 5.41) is 0. The molecule has 0 aliphatic heterocycles. The van der Waals surface area contributed by atoms with Crippen molar-refractivity contribution < 1.29 is 48.8 Å². The van der Waals surface area contributed by atoms with Crippen molar-refractivity contribution in [1.29, 1.82) is 0 Å². The fourth-order valence-corrected chi connectivity index (χ4v) is 1.73. The second-order valence-corrected chi connectivity index (χ2v) is 10.2. The quantitative estimate of drug-likeness (QED) is 0.242. The average molecular weight is 494 g/mol. The summed E-state index contributed by atoms with van der Waals surface area (Å²) < 4.78 is 0. The van der Waals surface area contributed by atoms with Gasteiger partial charge in [0, 0.05) is 19.5 Å². The summed E-state index contributed by atoms with van der Waals surface area (Å²) in [6.07, 6.45) is 8.12. The zero-order valence-electron chi connectivity index (χ0n) is 16.5. The van der Waals surface area contributed by atoms with Gasteiger partial charge in [-0.25, -0.2) is 0 Å². The summed E-state index contributed by atoms with van der Waals surface area (Å²) >= 11 is 7.21. The van der Waals surface area contributed by atoms with E-state index in [4.69, 9.17) is 29.4 Å². The maximum Gasteiger partial charge on any atom is 0.319 e. The summed E-state index contributed by atoms with van der Waals surface area (Å²) in [6.45, 7) is 5.96. The standard InChI is InChI=1S/2C7H16.2H3O3PS.Zn/c2*1-4-7(5-2)6-3;2*1-4(2,3)5;/h2*7H,4-6H2,1-3H3;2*(H3,1,2,3,5);. The molecule has 0 radical (unpaired) electrons. The summed E-state index contributed by atoms with van der Waals surface area (Å²) in [4.78, 5) is 45.3. The van der Waals surface area contributed by atoms with Gasteiger partial charge in [-0.3, -0.25) is 0 Å². The van der Waals surface area contributed by atoms with E-state index in [1.807, 2.05) is 0 Å². The Morgan fingerprint density at radius 1 is 0.520 bits per heavy atom. The zero-order chi connectivity index (χ0) is 20.4. The van der Waals surface area contributed by atoms with Crippen molar-refractivity contribution in [2.45, 2.75) is 80.1 Å². The van der Waals surface area contributed by atoms with Gasteiger partial charge in [0.2, 0.25) is 0 Å². The SMILES string of the molecule is CCC(CC)CC.CCC(CC)CC.OP(O)(O)=S.OP(O)(O)=S.[Zn]. The van der Waals surface area contributed by atoms with E-state index >= 15 is 0 Å². The third-order valence-corrected chi connectivity index (χ3v) is 3.46. The van der Waals surface area contributed by atoms with E-state index in [1.54, 1.807) is 0 Å². The zero-order valence-corrected chi connectivity index (χ0v) is 22.9. The van der Waals surface area contributed by atoms with E-state index in [1.165, 1.54) is 38.5 Å². The molecule has 0 saturated heterocycles. The fourth-order valence-electron chi connectivity index (χ4n) is 1.73. The Morgan fingerprint density at radius 2 is 0.600 bits per heavy atom. The van der Waals surface area contributed by atoms with Gasteiger partial charge < -0.3 is 29.4 Å². The van der Waals surface area contributed by atoms with Crippen molar-refractivity contribution >= 4 is 37.1 Å². The molecule has 6 N–H and O–H groups in total. The van der Waals surface area contributed by atoms with Gasteiger partial charge in [0.25, 0.3) is 0 Å². The molecule has 0 saturated carbocycles. The van der Waals surface area contributed by atoms with E-state index in [-0.39, 0.29) is 19.5 Å². The van der Waals surface area contributed by atoms with Crippen LogP contribution in [-0.4, -0.2) is 29.4 Å². The normalized spacial score (nSPS) is 10.5. The van der Waals surface area contributed by atoms with Crippen LogP contribution in [0, 0.1) is 11.8 Å². The minimum Gasteiger partial charge on any atom is -0.325 e. The second kappa shape index (κ2) is 23.7. The summed E-state index contributed by atoms with van der Waals surface area (Å²) in [5.74, 6) is 1.97. The Morgan fingerprint density at radius 3 is 0.600 bits per heavy atom. The molecule has 154 valence electrons. The molecule has 0 atom stereocenters. The first-order chi connectivity index (χ1) is 10.7. The first-order valence-electron chi connectivity index (χ1n) is 8.26. The van der Waals surface area contributed by atoms with Crippen molar-refractivity contribution in [3.63, 3.8) is 0 Å². The molecule has 0 aromatic heterocycles. The molecular formula is C14H38O6P2S2Zn. The van der Waals surface area contributed by atoms with Crippen LogP contribution >= 0.6 is 13.4 Å². The first kappa shape index (κ1) is 37.4. The average Bonchev–Trinajstić information content (AvgIpc) is 2.40. The van der Waals surface area contributed by atoms with Crippen LogP contribution in [0.25, 0.3) is 0 Å². The molecular weight excluding hydrogens is 456 g/mol. The van der Waals surface area contributed by atoms with Crippen LogP contribution in [0.2, 0.25) is 0 Å². The van der Waals surface area contributed by atoms with E-state index in [9.17, 15) is 0 Å². The molecule has 0 aliphatic carbocycles. The van der Waals surface area contributed by atoms with Crippen LogP contribution in [0.15, 0.2) is 0 Å². The Hall–Kier alpha value is 1.68. The maximum atomic E-state index is 7.56. The van der Waals surface area contributed by atoms with Crippen LogP contribution in [0.3, 0.4) is 0 Å². The third kappa shape index (κ3) is 76.9. The van der Waals surface area contributed by atoms with Crippen LogP contribution in [0.4, 0.5) is 0 Å². The third-order valence-electron chi connectivity index (χ3n) is 3.46. The number of hydrogen-bond donors (Lipinski definition) is 6. The molecule has 0 unspecified atom stereocenters. The molecule has 6 nitrogen and oxygen atoms in total. The minimum absolute atomic E-state index is 0. The van der Waals surface area contributed by atoms with Crippen LogP contribution in [-0.2, 0) is 43.1 Å². The summed E-state index contributed by atoms with van der Waals surface area (Å²) in [7, 11) is 0. The van der Waals surface area contributed by atoms with Gasteiger partial charge in [0.1, 0.15) is 0 Å². The fraction of sp³-hybridized carbons (Fsp3) is 1.00. The van der Waals surface area contributed by atoms with E-state index in [0.29, 0.717) is 0 Å². The largest absolute Gasteiger partial charge is 0.325 e. The van der Waals surface area contributed by atoms with Crippen molar-refractivity contribution in [2.24, 2.45) is 11.8 Å². The summed E-state index contributed by atoms with van der Waals surface area (Å²) in [6, 6.07) is 0. The molecule has 11 heteroatoms. The molecule has 0 bridgehead atoms. The van der Waals surface area contributed by atoms with Crippen molar-refractivity contribution in [3.8, 4) is 0 Å². The molecule has 0 aromatic carbocycles. The van der Waals surface area contributed by atoms with Gasteiger partial charge in [-0.2, -0.15) is 0 Å². The van der Waals surface area contributed by atoms with Crippen LogP contribution in [0.5, 0.6) is 0 Å². The number of hydrogen-bond acceptors (Lipinski definition) is 2. The van der Waals surface area contributed by atoms with E-state index in [0.717, 1.165) is 11.8 Å². The molecule has 0 aromatic rings. The molecule has 0 amide bonds. The monoisotopic (exact) mass is 492 g/mol. The smallest absolute Gasteiger partial charge is 0.319 e. The minimum atomic E-state index is -3.81. The molecule has 25 heavy (non-hydrogen) atoms. The van der Waals surface area contributed by atoms with E-state index < -0.39 is 13.4 Å². The van der Waals surface area contributed by atoms with Crippen molar-refractivity contribution in [2.75, 3.05) is 0 Å². The molecule has 0 fully saturated rings. The van der Waals surface area contributed by atoms with Crippen molar-refractivity contribution in [3.05, 3.63) is 0 Å². The first-order valence-corrected chi connectivity index (χ1v) is 13.6. The second-order valence-electron chi connectivity index (χ2n) is 5.21. The van der Waals surface area contributed by atoms with Gasteiger partial charge in [0.05, 0.1) is 0 Å². The predicted molar refractivity (Wildman–Crippen MR) is 111 cm³/mol. The van der Waals surface area contributed by atoms with Gasteiger partial charge in [-0.1, -0.05) is 80.1 Å². The molecule has 0 rings (SSSR count). The van der Waals surface area contributed by atoms with Crippen molar-refractivity contribution in [1.82, 2.24) is 0 Å². The predicted octanol–water partition coefficient (Wildman–Crippen LogP) is 4.04. The molecule has 0 aliphatic rings. The Kier molecular flexibility index (Phi) is 35.5. The Labute approximate surface area is 177 Å².